The number of nitrogens with one attached hydrogen (secondary N) is 2. The number of aryl methyl sites for hydroxylation is 2. The van der Waals surface area contributed by atoms with Crippen molar-refractivity contribution in [2.45, 2.75) is 26.8 Å². The summed E-state index contributed by atoms with van der Waals surface area (Å²) in [7, 11) is 0. The first-order chi connectivity index (χ1) is 9.58. The van der Waals surface area contributed by atoms with E-state index in [4.69, 9.17) is 0 Å². The lowest BCUT2D eigenvalue weighted by atomic mass is 10.1. The van der Waals surface area contributed by atoms with Crippen LogP contribution in [0, 0.1) is 13.8 Å². The van der Waals surface area contributed by atoms with E-state index in [2.05, 4.69) is 10.6 Å². The second-order valence-corrected chi connectivity index (χ2v) is 4.99. The molecule has 20 heavy (non-hydrogen) atoms. The summed E-state index contributed by atoms with van der Waals surface area (Å²) in [5.41, 5.74) is 3.99. The van der Waals surface area contributed by atoms with E-state index in [1.54, 1.807) is 0 Å². The molecule has 3 nitrogen and oxygen atoms in total. The minimum Gasteiger partial charge on any atom is -0.374 e. The third-order valence-electron chi connectivity index (χ3n) is 3.28. The van der Waals surface area contributed by atoms with Gasteiger partial charge in [0.2, 0.25) is 5.91 Å². The maximum Gasteiger partial charge on any atom is 0.246 e. The summed E-state index contributed by atoms with van der Waals surface area (Å²) >= 11 is 0. The summed E-state index contributed by atoms with van der Waals surface area (Å²) < 4.78 is 0. The normalized spacial score (nSPS) is 11.8. The van der Waals surface area contributed by atoms with Gasteiger partial charge in [0.1, 0.15) is 6.04 Å². The molecule has 0 fully saturated rings. The molecule has 1 unspecified atom stereocenters. The second-order valence-electron chi connectivity index (χ2n) is 4.99. The van der Waals surface area contributed by atoms with Crippen LogP contribution in [-0.2, 0) is 4.79 Å². The van der Waals surface area contributed by atoms with Gasteiger partial charge in [0.15, 0.2) is 0 Å². The molecule has 0 saturated carbocycles. The zero-order chi connectivity index (χ0) is 14.5. The molecule has 0 aliphatic carbocycles. The Bertz CT molecular complexity index is 573. The molecule has 0 aliphatic rings. The van der Waals surface area contributed by atoms with Crippen LogP contribution in [0.1, 0.15) is 18.1 Å². The van der Waals surface area contributed by atoms with Gasteiger partial charge >= 0.3 is 0 Å². The molecule has 104 valence electrons. The molecule has 2 rings (SSSR count). The number of hydrogen-bond acceptors (Lipinski definition) is 2. The van der Waals surface area contributed by atoms with Crippen molar-refractivity contribution in [1.29, 1.82) is 0 Å². The highest BCUT2D eigenvalue weighted by atomic mass is 16.2. The zero-order valence-corrected chi connectivity index (χ0v) is 12.1. The van der Waals surface area contributed by atoms with E-state index >= 15 is 0 Å². The third-order valence-corrected chi connectivity index (χ3v) is 3.28. The highest BCUT2D eigenvalue weighted by Crippen LogP contribution is 2.19. The minimum absolute atomic E-state index is 0.0359. The molecule has 2 aromatic carbocycles. The van der Waals surface area contributed by atoms with E-state index in [1.165, 1.54) is 0 Å². The Morgan fingerprint density at radius 2 is 1.55 bits per heavy atom. The van der Waals surface area contributed by atoms with Crippen molar-refractivity contribution in [2.24, 2.45) is 0 Å². The highest BCUT2D eigenvalue weighted by Gasteiger charge is 2.14. The number of rotatable bonds is 4. The molecule has 0 aromatic heterocycles. The molecule has 0 bridgehead atoms. The van der Waals surface area contributed by atoms with E-state index in [-0.39, 0.29) is 11.9 Å². The van der Waals surface area contributed by atoms with E-state index in [9.17, 15) is 4.79 Å². The van der Waals surface area contributed by atoms with Crippen molar-refractivity contribution < 1.29 is 4.79 Å². The molecule has 1 atom stereocenters. The van der Waals surface area contributed by atoms with Crippen molar-refractivity contribution in [3.63, 3.8) is 0 Å². The summed E-state index contributed by atoms with van der Waals surface area (Å²) in [5, 5.41) is 6.19. The van der Waals surface area contributed by atoms with E-state index in [0.717, 1.165) is 22.5 Å². The third kappa shape index (κ3) is 3.38. The predicted molar refractivity (Wildman–Crippen MR) is 84.1 cm³/mol. The number of anilines is 2. The van der Waals surface area contributed by atoms with E-state index < -0.39 is 0 Å². The lowest BCUT2D eigenvalue weighted by Crippen LogP contribution is -2.32. The second kappa shape index (κ2) is 6.24. The number of benzene rings is 2. The fourth-order valence-electron chi connectivity index (χ4n) is 2.09. The Hall–Kier alpha value is -2.29. The van der Waals surface area contributed by atoms with Gasteiger partial charge in [0, 0.05) is 11.4 Å². The summed E-state index contributed by atoms with van der Waals surface area (Å²) in [6, 6.07) is 15.4. The number of para-hydroxylation sites is 2. The average Bonchev–Trinajstić information content (AvgIpc) is 2.44. The van der Waals surface area contributed by atoms with Crippen LogP contribution in [0.5, 0.6) is 0 Å². The maximum atomic E-state index is 12.2. The van der Waals surface area contributed by atoms with Gasteiger partial charge < -0.3 is 10.6 Å². The number of amides is 1. The topological polar surface area (TPSA) is 41.1 Å². The van der Waals surface area contributed by atoms with Crippen molar-refractivity contribution in [3.8, 4) is 0 Å². The van der Waals surface area contributed by atoms with Crippen LogP contribution in [0.3, 0.4) is 0 Å². The number of hydrogen-bond donors (Lipinski definition) is 2. The van der Waals surface area contributed by atoms with E-state index in [0.29, 0.717) is 0 Å². The first kappa shape index (κ1) is 14.1. The molecule has 2 aromatic rings. The SMILES string of the molecule is Cc1cccc(C)c1NC(=O)C(C)Nc1ccccc1. The lowest BCUT2D eigenvalue weighted by Gasteiger charge is -2.17. The van der Waals surface area contributed by atoms with Gasteiger partial charge in [0.25, 0.3) is 0 Å². The molecule has 0 aliphatic heterocycles. The minimum atomic E-state index is -0.295. The Balaban J connectivity index is 2.05. The van der Waals surface area contributed by atoms with Crippen LogP contribution < -0.4 is 10.6 Å². The van der Waals surface area contributed by atoms with Crippen molar-refractivity contribution >= 4 is 17.3 Å². The fraction of sp³-hybridized carbons (Fsp3) is 0.235. The summed E-state index contributed by atoms with van der Waals surface area (Å²) in [6.07, 6.45) is 0. The van der Waals surface area contributed by atoms with Gasteiger partial charge in [-0.15, -0.1) is 0 Å². The van der Waals surface area contributed by atoms with Crippen molar-refractivity contribution in [1.82, 2.24) is 0 Å². The van der Waals surface area contributed by atoms with Crippen molar-refractivity contribution in [2.75, 3.05) is 10.6 Å². The molecular formula is C17H20N2O. The summed E-state index contributed by atoms with van der Waals surface area (Å²) in [4.78, 5) is 12.2. The average molecular weight is 268 g/mol. The summed E-state index contributed by atoms with van der Waals surface area (Å²) in [6.45, 7) is 5.85. The molecule has 1 amide bonds. The van der Waals surface area contributed by atoms with Gasteiger partial charge in [0.05, 0.1) is 0 Å². The Labute approximate surface area is 120 Å². The predicted octanol–water partition coefficient (Wildman–Crippen LogP) is 3.74. The quantitative estimate of drug-likeness (QED) is 0.886. The fourth-order valence-corrected chi connectivity index (χ4v) is 2.09. The van der Waals surface area contributed by atoms with Crippen LogP contribution >= 0.6 is 0 Å². The maximum absolute atomic E-state index is 12.2. The molecule has 0 heterocycles. The Kier molecular flexibility index (Phi) is 4.41. The van der Waals surface area contributed by atoms with Crippen LogP contribution in [-0.4, -0.2) is 11.9 Å². The van der Waals surface area contributed by atoms with Gasteiger partial charge in [-0.1, -0.05) is 36.4 Å². The summed E-state index contributed by atoms with van der Waals surface area (Å²) in [5.74, 6) is -0.0359. The molecule has 0 spiro atoms. The first-order valence-electron chi connectivity index (χ1n) is 6.76. The zero-order valence-electron chi connectivity index (χ0n) is 12.1. The largest absolute Gasteiger partial charge is 0.374 e. The smallest absolute Gasteiger partial charge is 0.246 e. The van der Waals surface area contributed by atoms with Gasteiger partial charge in [-0.05, 0) is 44.0 Å². The van der Waals surface area contributed by atoms with Crippen LogP contribution in [0.2, 0.25) is 0 Å². The lowest BCUT2D eigenvalue weighted by molar-refractivity contribution is -0.116. The number of carbonyl (C=O) groups is 1. The molecular weight excluding hydrogens is 248 g/mol. The molecule has 0 saturated heterocycles. The molecule has 3 heteroatoms. The van der Waals surface area contributed by atoms with Crippen LogP contribution in [0.15, 0.2) is 48.5 Å². The molecule has 2 N–H and O–H groups in total. The van der Waals surface area contributed by atoms with E-state index in [1.807, 2.05) is 69.3 Å². The standard InChI is InChI=1S/C17H20N2O/c1-12-8-7-9-13(2)16(12)19-17(20)14(3)18-15-10-5-4-6-11-15/h4-11,14,18H,1-3H3,(H,19,20). The van der Waals surface area contributed by atoms with Gasteiger partial charge in [-0.2, -0.15) is 0 Å². The monoisotopic (exact) mass is 268 g/mol. The highest BCUT2D eigenvalue weighted by molar-refractivity contribution is 5.97. The number of carbonyl (C=O) groups excluding carboxylic acids is 1. The first-order valence-corrected chi connectivity index (χ1v) is 6.76. The Morgan fingerprint density at radius 3 is 2.15 bits per heavy atom. The van der Waals surface area contributed by atoms with Crippen LogP contribution in [0.25, 0.3) is 0 Å². The molecule has 0 radical (unpaired) electrons. The van der Waals surface area contributed by atoms with Crippen molar-refractivity contribution in [3.05, 3.63) is 59.7 Å². The van der Waals surface area contributed by atoms with Crippen LogP contribution in [0.4, 0.5) is 11.4 Å². The Morgan fingerprint density at radius 1 is 0.950 bits per heavy atom. The van der Waals surface area contributed by atoms with Gasteiger partial charge in [-0.25, -0.2) is 0 Å². The van der Waals surface area contributed by atoms with Gasteiger partial charge in [-0.3, -0.25) is 4.79 Å².